The summed E-state index contributed by atoms with van der Waals surface area (Å²) in [6.45, 7) is 0.777. The highest BCUT2D eigenvalue weighted by Crippen LogP contribution is 2.24. The number of benzene rings is 1. The van der Waals surface area contributed by atoms with Gasteiger partial charge in [0, 0.05) is 29.4 Å². The second-order valence-corrected chi connectivity index (χ2v) is 5.72. The molecule has 0 bridgehead atoms. The molecule has 0 radical (unpaired) electrons. The van der Waals surface area contributed by atoms with E-state index in [4.69, 9.17) is 16.3 Å². The third kappa shape index (κ3) is 2.51. The predicted molar refractivity (Wildman–Crippen MR) is 81.9 cm³/mol. The van der Waals surface area contributed by atoms with Crippen molar-refractivity contribution < 1.29 is 4.74 Å². The van der Waals surface area contributed by atoms with Gasteiger partial charge in [-0.05, 0) is 12.1 Å². The summed E-state index contributed by atoms with van der Waals surface area (Å²) in [4.78, 5) is 10.0. The van der Waals surface area contributed by atoms with Crippen molar-refractivity contribution in [3.05, 3.63) is 40.6 Å². The Morgan fingerprint density at radius 3 is 3.00 bits per heavy atom. The number of aromatic nitrogens is 3. The lowest BCUT2D eigenvalue weighted by Crippen LogP contribution is -2.04. The normalized spacial score (nSPS) is 11.1. The van der Waals surface area contributed by atoms with Crippen molar-refractivity contribution in [1.82, 2.24) is 14.5 Å². The molecule has 20 heavy (non-hydrogen) atoms. The first-order chi connectivity index (χ1) is 9.81. The van der Waals surface area contributed by atoms with Crippen molar-refractivity contribution in [2.75, 3.05) is 13.0 Å². The lowest BCUT2D eigenvalue weighted by molar-refractivity contribution is 0.415. The van der Waals surface area contributed by atoms with E-state index >= 15 is 0 Å². The van der Waals surface area contributed by atoms with Crippen LogP contribution in [0.1, 0.15) is 10.7 Å². The Bertz CT molecular complexity index is 709. The number of aryl methyl sites for hydroxylation is 1. The van der Waals surface area contributed by atoms with Crippen molar-refractivity contribution in [2.24, 2.45) is 0 Å². The summed E-state index contributed by atoms with van der Waals surface area (Å²) >= 11 is 7.54. The third-order valence-corrected chi connectivity index (χ3v) is 4.10. The minimum Gasteiger partial charge on any atom is -0.497 e. The van der Waals surface area contributed by atoms with Gasteiger partial charge in [-0.3, -0.25) is 4.98 Å². The van der Waals surface area contributed by atoms with Crippen LogP contribution < -0.4 is 4.74 Å². The first-order valence-electron chi connectivity index (χ1n) is 6.28. The molecule has 0 N–H and O–H groups in total. The average Bonchev–Trinajstić information content (AvgIpc) is 3.08. The van der Waals surface area contributed by atoms with Crippen molar-refractivity contribution in [1.29, 1.82) is 0 Å². The summed E-state index contributed by atoms with van der Waals surface area (Å²) in [6.07, 6.45) is 2.64. The fraction of sp³-hybridized carbons (Fsp3) is 0.286. The Balaban J connectivity index is 2.08. The topological polar surface area (TPSA) is 39.9 Å². The Kier molecular flexibility index (Phi) is 3.89. The molecule has 2 aromatic heterocycles. The fourth-order valence-corrected chi connectivity index (χ4v) is 2.97. The van der Waals surface area contributed by atoms with E-state index in [2.05, 4.69) is 14.5 Å². The second kappa shape index (κ2) is 5.81. The largest absolute Gasteiger partial charge is 0.497 e. The molecule has 3 rings (SSSR count). The van der Waals surface area contributed by atoms with E-state index < -0.39 is 0 Å². The number of hydrogen-bond acceptors (Lipinski definition) is 4. The summed E-state index contributed by atoms with van der Waals surface area (Å²) in [7, 11) is 1.66. The van der Waals surface area contributed by atoms with Crippen LogP contribution in [0.5, 0.6) is 5.75 Å². The number of thiazole rings is 1. The van der Waals surface area contributed by atoms with Crippen LogP contribution in [-0.2, 0) is 13.0 Å². The van der Waals surface area contributed by atoms with Crippen molar-refractivity contribution in [3.63, 3.8) is 0 Å². The van der Waals surface area contributed by atoms with E-state index in [1.165, 1.54) is 4.88 Å². The molecule has 0 spiro atoms. The monoisotopic (exact) mass is 307 g/mol. The molecule has 0 saturated carbocycles. The van der Waals surface area contributed by atoms with Gasteiger partial charge in [0.2, 0.25) is 0 Å². The van der Waals surface area contributed by atoms with E-state index in [9.17, 15) is 0 Å². The molecule has 0 aliphatic rings. The molecule has 0 amide bonds. The maximum Gasteiger partial charge on any atom is 0.121 e. The highest BCUT2D eigenvalue weighted by molar-refractivity contribution is 7.09. The predicted octanol–water partition coefficient (Wildman–Crippen LogP) is 3.33. The number of methoxy groups -OCH3 is 1. The molecule has 2 heterocycles. The molecule has 0 saturated heterocycles. The smallest absolute Gasteiger partial charge is 0.121 e. The molecule has 104 valence electrons. The van der Waals surface area contributed by atoms with Crippen LogP contribution in [0.4, 0.5) is 0 Å². The summed E-state index contributed by atoms with van der Waals surface area (Å²) in [5.74, 6) is 2.37. The average molecular weight is 308 g/mol. The van der Waals surface area contributed by atoms with Gasteiger partial charge < -0.3 is 9.30 Å². The van der Waals surface area contributed by atoms with Crippen LogP contribution in [0.15, 0.2) is 29.9 Å². The molecule has 0 aliphatic carbocycles. The summed E-state index contributed by atoms with van der Waals surface area (Å²) < 4.78 is 7.45. The zero-order valence-corrected chi connectivity index (χ0v) is 12.6. The van der Waals surface area contributed by atoms with Crippen LogP contribution >= 0.6 is 22.9 Å². The number of alkyl halides is 1. The van der Waals surface area contributed by atoms with E-state index in [-0.39, 0.29) is 0 Å². The molecule has 1 aromatic carbocycles. The van der Waals surface area contributed by atoms with Gasteiger partial charge in [0.05, 0.1) is 30.2 Å². The Labute approximate surface area is 126 Å². The molecule has 3 aromatic rings. The zero-order valence-electron chi connectivity index (χ0n) is 11.0. The molecule has 6 heteroatoms. The Morgan fingerprint density at radius 1 is 1.40 bits per heavy atom. The van der Waals surface area contributed by atoms with Gasteiger partial charge in [-0.1, -0.05) is 0 Å². The van der Waals surface area contributed by atoms with Crippen LogP contribution in [0.3, 0.4) is 0 Å². The van der Waals surface area contributed by atoms with E-state index in [0.717, 1.165) is 35.6 Å². The molecule has 4 nitrogen and oxygen atoms in total. The van der Waals surface area contributed by atoms with Gasteiger partial charge in [0.15, 0.2) is 0 Å². The molecular weight excluding hydrogens is 294 g/mol. The molecule has 0 unspecified atom stereocenters. The standard InChI is InChI=1S/C14H14ClN3OS/c1-19-10-2-3-13-12(6-10)17-14(4-5-15)18(13)8-11-7-16-9-20-11/h2-3,6-7,9H,4-5,8H2,1H3. The number of halogens is 1. The van der Waals surface area contributed by atoms with Crippen LogP contribution in [-0.4, -0.2) is 27.5 Å². The van der Waals surface area contributed by atoms with Crippen LogP contribution in [0, 0.1) is 0 Å². The Morgan fingerprint density at radius 2 is 2.30 bits per heavy atom. The molecule has 0 atom stereocenters. The number of ether oxygens (including phenoxy) is 1. The second-order valence-electron chi connectivity index (χ2n) is 4.38. The van der Waals surface area contributed by atoms with Crippen molar-refractivity contribution in [2.45, 2.75) is 13.0 Å². The number of hydrogen-bond donors (Lipinski definition) is 0. The number of nitrogens with zero attached hydrogens (tertiary/aromatic N) is 3. The van der Waals surface area contributed by atoms with Gasteiger partial charge >= 0.3 is 0 Å². The van der Waals surface area contributed by atoms with E-state index in [0.29, 0.717) is 5.88 Å². The van der Waals surface area contributed by atoms with Crippen molar-refractivity contribution >= 4 is 34.0 Å². The minimum atomic E-state index is 0.559. The first kappa shape index (κ1) is 13.4. The van der Waals surface area contributed by atoms with Crippen LogP contribution in [0.25, 0.3) is 11.0 Å². The SMILES string of the molecule is COc1ccc2c(c1)nc(CCCl)n2Cc1cncs1. The van der Waals surface area contributed by atoms with Gasteiger partial charge in [0.25, 0.3) is 0 Å². The van der Waals surface area contributed by atoms with Gasteiger partial charge in [-0.15, -0.1) is 22.9 Å². The quantitative estimate of drug-likeness (QED) is 0.679. The first-order valence-corrected chi connectivity index (χ1v) is 7.69. The van der Waals surface area contributed by atoms with Crippen LogP contribution in [0.2, 0.25) is 0 Å². The van der Waals surface area contributed by atoms with E-state index in [1.807, 2.05) is 29.9 Å². The summed E-state index contributed by atoms with van der Waals surface area (Å²) in [5, 5.41) is 0. The number of fused-ring (bicyclic) bond motifs is 1. The Hall–Kier alpha value is -1.59. The summed E-state index contributed by atoms with van der Waals surface area (Å²) in [5.41, 5.74) is 3.88. The van der Waals surface area contributed by atoms with E-state index in [1.54, 1.807) is 18.4 Å². The minimum absolute atomic E-state index is 0.559. The highest BCUT2D eigenvalue weighted by Gasteiger charge is 2.12. The van der Waals surface area contributed by atoms with Gasteiger partial charge in [-0.2, -0.15) is 0 Å². The van der Waals surface area contributed by atoms with Crippen molar-refractivity contribution in [3.8, 4) is 5.75 Å². The maximum atomic E-state index is 5.89. The maximum absolute atomic E-state index is 5.89. The highest BCUT2D eigenvalue weighted by atomic mass is 35.5. The van der Waals surface area contributed by atoms with Gasteiger partial charge in [-0.25, -0.2) is 4.98 Å². The zero-order chi connectivity index (χ0) is 13.9. The third-order valence-electron chi connectivity index (χ3n) is 3.15. The molecule has 0 fully saturated rings. The fourth-order valence-electron chi connectivity index (χ4n) is 2.21. The number of imidazole rings is 1. The summed E-state index contributed by atoms with van der Waals surface area (Å²) in [6, 6.07) is 5.95. The lowest BCUT2D eigenvalue weighted by Gasteiger charge is -2.06. The van der Waals surface area contributed by atoms with Gasteiger partial charge in [0.1, 0.15) is 11.6 Å². The molecule has 0 aliphatic heterocycles. The lowest BCUT2D eigenvalue weighted by atomic mass is 10.3. The number of rotatable bonds is 5. The molecular formula is C14H14ClN3OS.